The Hall–Kier alpha value is -0.266. The molecule has 0 bridgehead atoms. The van der Waals surface area contributed by atoms with E-state index < -0.39 is 0 Å². The molecule has 0 saturated carbocycles. The van der Waals surface area contributed by atoms with Crippen molar-refractivity contribution in [2.45, 2.75) is 0 Å². The Labute approximate surface area is 52.2 Å². The fourth-order valence-corrected chi connectivity index (χ4v) is 0.278. The van der Waals surface area contributed by atoms with Crippen LogP contribution in [0.4, 0.5) is 0 Å². The summed E-state index contributed by atoms with van der Waals surface area (Å²) in [6.07, 6.45) is 3.75. The third-order valence-corrected chi connectivity index (χ3v) is 0.496. The van der Waals surface area contributed by atoms with E-state index in [1.54, 1.807) is 0 Å². The summed E-state index contributed by atoms with van der Waals surface area (Å²) in [5.41, 5.74) is 0. The van der Waals surface area contributed by atoms with Gasteiger partial charge in [0, 0.05) is 28.9 Å². The van der Waals surface area contributed by atoms with Gasteiger partial charge in [0.2, 0.25) is 0 Å². The van der Waals surface area contributed by atoms with Crippen molar-refractivity contribution in [3.05, 3.63) is 24.5 Å². The van der Waals surface area contributed by atoms with Gasteiger partial charge in [0.25, 0.3) is 0 Å². The van der Waals surface area contributed by atoms with E-state index in [0.29, 0.717) is 0 Å². The fourth-order valence-electron chi connectivity index (χ4n) is 0.278. The Morgan fingerprint density at radius 2 is 1.43 bits per heavy atom. The maximum atomic E-state index is 2.86. The minimum Gasteiger partial charge on any atom is -0.412 e. The Bertz CT molecular complexity index is 68.2. The summed E-state index contributed by atoms with van der Waals surface area (Å²) in [6.45, 7) is 0. The maximum absolute atomic E-state index is 2.86. The van der Waals surface area contributed by atoms with Gasteiger partial charge >= 0.3 is 0 Å². The third-order valence-electron chi connectivity index (χ3n) is 0.496. The summed E-state index contributed by atoms with van der Waals surface area (Å²) in [5, 5.41) is 0. The van der Waals surface area contributed by atoms with Crippen molar-refractivity contribution < 1.29 is 22.0 Å². The van der Waals surface area contributed by atoms with Crippen LogP contribution in [0.25, 0.3) is 0 Å². The Kier molecular flexibility index (Phi) is 8.09. The molecular weight excluding hydrogens is 137 g/mol. The molecule has 1 aromatic heterocycles. The first-order chi connectivity index (χ1) is 2.50. The van der Waals surface area contributed by atoms with Crippen LogP contribution >= 0.6 is 0 Å². The predicted molar refractivity (Wildman–Crippen MR) is 24.4 cm³/mol. The Balaban J connectivity index is 0. The minimum atomic E-state index is 0. The number of aromatic nitrogens is 1. The topological polar surface area (TPSA) is 47.3 Å². The summed E-state index contributed by atoms with van der Waals surface area (Å²) in [7, 11) is 0. The van der Waals surface area contributed by atoms with E-state index in [1.807, 2.05) is 24.5 Å². The zero-order valence-electron chi connectivity index (χ0n) is 3.63. The van der Waals surface area contributed by atoms with Crippen molar-refractivity contribution in [1.82, 2.24) is 4.98 Å². The van der Waals surface area contributed by atoms with Gasteiger partial charge in [-0.25, -0.2) is 0 Å². The summed E-state index contributed by atoms with van der Waals surface area (Å²) in [4.78, 5) is 2.86. The molecule has 0 radical (unpaired) electrons. The van der Waals surface area contributed by atoms with E-state index in [-0.39, 0.29) is 22.0 Å². The average molecular weight is 144 g/mol. The Morgan fingerprint density at radius 3 is 1.57 bits per heavy atom. The first-order valence-corrected chi connectivity index (χ1v) is 1.58. The van der Waals surface area contributed by atoms with E-state index in [0.717, 1.165) is 0 Å². The molecule has 0 spiro atoms. The summed E-state index contributed by atoms with van der Waals surface area (Å²) in [5.74, 6) is 0. The molecule has 0 fully saturated rings. The summed E-state index contributed by atoms with van der Waals surface area (Å²) >= 11 is 0. The maximum Gasteiger partial charge on any atom is 0.000496 e. The van der Waals surface area contributed by atoms with Crippen LogP contribution in [0.1, 0.15) is 0 Å². The summed E-state index contributed by atoms with van der Waals surface area (Å²) in [6, 6.07) is 3.89. The van der Waals surface area contributed by atoms with Crippen LogP contribution in [0.2, 0.25) is 0 Å². The predicted octanol–water partition coefficient (Wildman–Crippen LogP) is 0.187. The number of hydrogen-bond donors (Lipinski definition) is 1. The largest absolute Gasteiger partial charge is 0.412 e. The van der Waals surface area contributed by atoms with Crippen molar-refractivity contribution >= 4 is 0 Å². The molecule has 0 atom stereocenters. The van der Waals surface area contributed by atoms with Crippen LogP contribution in [0.5, 0.6) is 0 Å². The molecule has 3 N–H and O–H groups in total. The average Bonchev–Trinajstić information content (AvgIpc) is 1.76. The second-order valence-electron chi connectivity index (χ2n) is 0.885. The third kappa shape index (κ3) is 3.57. The van der Waals surface area contributed by atoms with Gasteiger partial charge in [-0.2, -0.15) is 0 Å². The van der Waals surface area contributed by atoms with E-state index >= 15 is 0 Å². The minimum absolute atomic E-state index is 0. The molecule has 0 aliphatic rings. The molecule has 0 unspecified atom stereocenters. The molecule has 1 rings (SSSR count). The second kappa shape index (κ2) is 5.73. The van der Waals surface area contributed by atoms with Gasteiger partial charge < -0.3 is 10.5 Å². The number of hydrogen-bond acceptors (Lipinski definition) is 0. The van der Waals surface area contributed by atoms with Gasteiger partial charge in [-0.1, -0.05) is 0 Å². The van der Waals surface area contributed by atoms with E-state index in [1.165, 1.54) is 0 Å². The van der Waals surface area contributed by atoms with Crippen molar-refractivity contribution in [2.24, 2.45) is 0 Å². The van der Waals surface area contributed by atoms with Gasteiger partial charge in [-0.15, -0.1) is 0 Å². The zero-order valence-corrected chi connectivity index (χ0v) is 4.61. The monoisotopic (exact) mass is 143 g/mol. The molecule has 44 valence electrons. The summed E-state index contributed by atoms with van der Waals surface area (Å²) < 4.78 is 0. The fraction of sp³-hybridized carbons (Fsp3) is 0. The van der Waals surface area contributed by atoms with E-state index in [2.05, 4.69) is 4.98 Å². The van der Waals surface area contributed by atoms with Crippen LogP contribution in [0.3, 0.4) is 0 Å². The van der Waals surface area contributed by atoms with Crippen molar-refractivity contribution in [1.29, 1.82) is 0 Å². The number of H-pyrrole nitrogens is 1. The van der Waals surface area contributed by atoms with Crippen LogP contribution in [-0.2, 0) is 16.5 Å². The first-order valence-electron chi connectivity index (χ1n) is 1.58. The van der Waals surface area contributed by atoms with E-state index in [4.69, 9.17) is 0 Å². The molecule has 1 aromatic rings. The molecule has 1 heterocycles. The molecule has 0 aliphatic carbocycles. The second-order valence-corrected chi connectivity index (χ2v) is 0.885. The quantitative estimate of drug-likeness (QED) is 0.505. The smallest absolute Gasteiger partial charge is 0.000496 e. The van der Waals surface area contributed by atoms with Crippen molar-refractivity contribution in [3.63, 3.8) is 0 Å². The molecule has 0 aromatic carbocycles. The zero-order chi connectivity index (χ0) is 3.54. The number of aromatic amines is 1. The molecule has 2 nitrogen and oxygen atoms in total. The van der Waals surface area contributed by atoms with Crippen LogP contribution < -0.4 is 0 Å². The standard InChI is InChI=1S/C4H5N.Ni.H2O/c1-2-4-5-3-1;;/h1-5H;;1H2. The van der Waals surface area contributed by atoms with Gasteiger partial charge in [0.15, 0.2) is 0 Å². The molecule has 0 saturated heterocycles. The molecule has 7 heavy (non-hydrogen) atoms. The molecule has 3 heteroatoms. The van der Waals surface area contributed by atoms with Crippen LogP contribution in [-0.4, -0.2) is 10.5 Å². The van der Waals surface area contributed by atoms with Crippen LogP contribution in [0.15, 0.2) is 24.5 Å². The van der Waals surface area contributed by atoms with Gasteiger partial charge in [-0.3, -0.25) is 0 Å². The molecular formula is C4H7NNiO. The molecule has 0 aliphatic heterocycles. The van der Waals surface area contributed by atoms with Gasteiger partial charge in [0.1, 0.15) is 0 Å². The number of nitrogens with one attached hydrogen (secondary N) is 1. The van der Waals surface area contributed by atoms with Crippen LogP contribution in [0, 0.1) is 0 Å². The Morgan fingerprint density at radius 1 is 1.00 bits per heavy atom. The van der Waals surface area contributed by atoms with Crippen molar-refractivity contribution in [2.75, 3.05) is 0 Å². The molecule has 0 amide bonds. The van der Waals surface area contributed by atoms with Gasteiger partial charge in [-0.05, 0) is 12.1 Å². The van der Waals surface area contributed by atoms with Crippen molar-refractivity contribution in [3.8, 4) is 0 Å². The normalized spacial score (nSPS) is 5.71. The van der Waals surface area contributed by atoms with Gasteiger partial charge in [0.05, 0.1) is 0 Å². The number of rotatable bonds is 0. The first kappa shape index (κ1) is 9.88. The van der Waals surface area contributed by atoms with E-state index in [9.17, 15) is 0 Å². The SMILES string of the molecule is O.[Ni].c1cc[nH]c1.